The minimum atomic E-state index is -1.01. The van der Waals surface area contributed by atoms with Crippen LogP contribution in [-0.2, 0) is 33.3 Å². The number of rotatable bonds is 5. The summed E-state index contributed by atoms with van der Waals surface area (Å²) >= 11 is 0. The molecule has 10 nitrogen and oxygen atoms in total. The van der Waals surface area contributed by atoms with Crippen LogP contribution in [0.5, 0.6) is 0 Å². The predicted octanol–water partition coefficient (Wildman–Crippen LogP) is 0.755. The van der Waals surface area contributed by atoms with Crippen molar-refractivity contribution in [2.75, 3.05) is 6.61 Å². The molecular formula is C17H19N3O7. The number of fused-ring (bicyclic) bond motifs is 1. The van der Waals surface area contributed by atoms with Gasteiger partial charge in [-0.15, -0.1) is 4.80 Å². The third kappa shape index (κ3) is 4.22. The number of hydrogen-bond donors (Lipinski definition) is 0. The summed E-state index contributed by atoms with van der Waals surface area (Å²) in [5, 5.41) is 8.67. The number of esters is 3. The van der Waals surface area contributed by atoms with Crippen molar-refractivity contribution in [1.29, 1.82) is 0 Å². The molecule has 0 amide bonds. The maximum Gasteiger partial charge on any atom is 0.303 e. The largest absolute Gasteiger partial charge is 0.463 e. The number of carbonyl (C=O) groups is 3. The third-order valence-electron chi connectivity index (χ3n) is 3.87. The van der Waals surface area contributed by atoms with Gasteiger partial charge in [-0.3, -0.25) is 14.4 Å². The van der Waals surface area contributed by atoms with E-state index in [-0.39, 0.29) is 6.61 Å². The topological polar surface area (TPSA) is 119 Å². The quantitative estimate of drug-likeness (QED) is 0.549. The van der Waals surface area contributed by atoms with Crippen molar-refractivity contribution in [3.8, 4) is 0 Å². The Balaban J connectivity index is 1.94. The molecule has 0 unspecified atom stereocenters. The first-order valence-electron chi connectivity index (χ1n) is 8.30. The molecule has 1 fully saturated rings. The van der Waals surface area contributed by atoms with Crippen molar-refractivity contribution in [3.63, 3.8) is 0 Å². The molecule has 2 aromatic rings. The predicted molar refractivity (Wildman–Crippen MR) is 89.2 cm³/mol. The molecule has 1 aliphatic heterocycles. The molecular weight excluding hydrogens is 358 g/mol. The summed E-state index contributed by atoms with van der Waals surface area (Å²) in [6, 6.07) is 7.17. The van der Waals surface area contributed by atoms with E-state index in [1.54, 1.807) is 12.1 Å². The minimum Gasteiger partial charge on any atom is -0.463 e. The SMILES string of the molecule is CC(=O)OC[C@H]1O[C@@H](n2nc3ccccc3n2)[C@H](OC(C)=O)[C@@H]1OC(C)=O. The van der Waals surface area contributed by atoms with Crippen LogP contribution in [0, 0.1) is 0 Å². The zero-order chi connectivity index (χ0) is 19.6. The molecule has 2 heterocycles. The van der Waals surface area contributed by atoms with Gasteiger partial charge >= 0.3 is 17.9 Å². The van der Waals surface area contributed by atoms with Gasteiger partial charge in [0.15, 0.2) is 12.2 Å². The molecule has 1 aromatic heterocycles. The van der Waals surface area contributed by atoms with E-state index in [9.17, 15) is 14.4 Å². The molecule has 1 aliphatic rings. The maximum atomic E-state index is 11.6. The Labute approximate surface area is 154 Å². The Hall–Kier alpha value is -3.01. The van der Waals surface area contributed by atoms with Gasteiger partial charge in [0, 0.05) is 20.8 Å². The van der Waals surface area contributed by atoms with Gasteiger partial charge in [-0.25, -0.2) is 0 Å². The molecule has 144 valence electrons. The Morgan fingerprint density at radius 3 is 2.04 bits per heavy atom. The number of hydrogen-bond acceptors (Lipinski definition) is 9. The second-order valence-electron chi connectivity index (χ2n) is 6.02. The van der Waals surface area contributed by atoms with Crippen LogP contribution in [0.2, 0.25) is 0 Å². The third-order valence-corrected chi connectivity index (χ3v) is 3.87. The molecule has 27 heavy (non-hydrogen) atoms. The van der Waals surface area contributed by atoms with E-state index < -0.39 is 42.4 Å². The first-order chi connectivity index (χ1) is 12.8. The summed E-state index contributed by atoms with van der Waals surface area (Å²) in [7, 11) is 0. The first kappa shape index (κ1) is 18.8. The molecule has 0 saturated carbocycles. The van der Waals surface area contributed by atoms with Crippen LogP contribution in [0.3, 0.4) is 0 Å². The summed E-state index contributed by atoms with van der Waals surface area (Å²) in [5.74, 6) is -1.70. The highest BCUT2D eigenvalue weighted by molar-refractivity contribution is 5.73. The van der Waals surface area contributed by atoms with Crippen molar-refractivity contribution >= 4 is 28.9 Å². The van der Waals surface area contributed by atoms with Crippen LogP contribution < -0.4 is 0 Å². The molecule has 10 heteroatoms. The van der Waals surface area contributed by atoms with Gasteiger partial charge in [0.2, 0.25) is 6.23 Å². The van der Waals surface area contributed by atoms with E-state index in [1.165, 1.54) is 25.6 Å². The molecule has 0 N–H and O–H groups in total. The number of aromatic nitrogens is 3. The standard InChI is InChI=1S/C17H19N3O7/c1-9(21)24-8-14-15(25-10(2)22)16(26-11(3)23)17(27-14)20-18-12-6-4-5-7-13(12)19-20/h4-7,14-17H,8H2,1-3H3/t14-,15-,16-,17-/m1/s1. The summed E-state index contributed by atoms with van der Waals surface area (Å²) in [6.45, 7) is 3.52. The van der Waals surface area contributed by atoms with Crippen molar-refractivity contribution < 1.29 is 33.3 Å². The van der Waals surface area contributed by atoms with Crippen LogP contribution in [-0.4, -0.2) is 57.8 Å². The maximum absolute atomic E-state index is 11.6. The highest BCUT2D eigenvalue weighted by Gasteiger charge is 2.51. The smallest absolute Gasteiger partial charge is 0.303 e. The summed E-state index contributed by atoms with van der Waals surface area (Å²) in [6.07, 6.45) is -3.79. The van der Waals surface area contributed by atoms with Gasteiger partial charge in [-0.1, -0.05) is 12.1 Å². The van der Waals surface area contributed by atoms with Gasteiger partial charge in [0.1, 0.15) is 23.7 Å². The van der Waals surface area contributed by atoms with E-state index in [2.05, 4.69) is 10.2 Å². The number of benzene rings is 1. The lowest BCUT2D eigenvalue weighted by atomic mass is 10.1. The summed E-state index contributed by atoms with van der Waals surface area (Å²) in [5.41, 5.74) is 1.24. The van der Waals surface area contributed by atoms with Crippen molar-refractivity contribution in [1.82, 2.24) is 15.0 Å². The van der Waals surface area contributed by atoms with Gasteiger partial charge in [0.05, 0.1) is 0 Å². The Morgan fingerprint density at radius 2 is 1.52 bits per heavy atom. The van der Waals surface area contributed by atoms with Crippen LogP contribution >= 0.6 is 0 Å². The Bertz CT molecular complexity index is 832. The van der Waals surface area contributed by atoms with Crippen LogP contribution in [0.4, 0.5) is 0 Å². The van der Waals surface area contributed by atoms with E-state index >= 15 is 0 Å². The average molecular weight is 377 g/mol. The highest BCUT2D eigenvalue weighted by Crippen LogP contribution is 2.34. The zero-order valence-electron chi connectivity index (χ0n) is 15.0. The van der Waals surface area contributed by atoms with Gasteiger partial charge in [-0.05, 0) is 12.1 Å². The number of carbonyl (C=O) groups excluding carboxylic acids is 3. The Morgan fingerprint density at radius 1 is 0.963 bits per heavy atom. The van der Waals surface area contributed by atoms with Crippen LogP contribution in [0.1, 0.15) is 27.0 Å². The van der Waals surface area contributed by atoms with Crippen molar-refractivity contribution in [2.24, 2.45) is 0 Å². The lowest BCUT2D eigenvalue weighted by molar-refractivity contribution is -0.166. The van der Waals surface area contributed by atoms with Crippen LogP contribution in [0.25, 0.3) is 11.0 Å². The normalized spacial score (nSPS) is 24.6. The number of nitrogens with zero attached hydrogens (tertiary/aromatic N) is 3. The lowest BCUT2D eigenvalue weighted by Crippen LogP contribution is -2.40. The fourth-order valence-electron chi connectivity index (χ4n) is 2.87. The van der Waals surface area contributed by atoms with Crippen molar-refractivity contribution in [3.05, 3.63) is 24.3 Å². The zero-order valence-corrected chi connectivity index (χ0v) is 15.0. The molecule has 0 radical (unpaired) electrons. The van der Waals surface area contributed by atoms with E-state index in [0.717, 1.165) is 0 Å². The number of ether oxygens (including phenoxy) is 4. The molecule has 0 bridgehead atoms. The van der Waals surface area contributed by atoms with Gasteiger partial charge < -0.3 is 18.9 Å². The van der Waals surface area contributed by atoms with E-state index in [0.29, 0.717) is 11.0 Å². The second-order valence-corrected chi connectivity index (χ2v) is 6.02. The molecule has 3 rings (SSSR count). The van der Waals surface area contributed by atoms with Gasteiger partial charge in [-0.2, -0.15) is 10.2 Å². The molecule has 1 saturated heterocycles. The first-order valence-corrected chi connectivity index (χ1v) is 8.30. The lowest BCUT2D eigenvalue weighted by Gasteiger charge is -2.22. The summed E-state index contributed by atoms with van der Waals surface area (Å²) < 4.78 is 21.5. The average Bonchev–Trinajstić information content (AvgIpc) is 3.14. The van der Waals surface area contributed by atoms with E-state index in [4.69, 9.17) is 18.9 Å². The van der Waals surface area contributed by atoms with Crippen LogP contribution in [0.15, 0.2) is 24.3 Å². The summed E-state index contributed by atoms with van der Waals surface area (Å²) in [4.78, 5) is 35.6. The Kier molecular flexibility index (Phi) is 5.36. The molecule has 4 atom stereocenters. The molecule has 1 aromatic carbocycles. The monoisotopic (exact) mass is 377 g/mol. The fraction of sp³-hybridized carbons (Fsp3) is 0.471. The minimum absolute atomic E-state index is 0.178. The highest BCUT2D eigenvalue weighted by atomic mass is 16.7. The van der Waals surface area contributed by atoms with Gasteiger partial charge in [0.25, 0.3) is 0 Å². The van der Waals surface area contributed by atoms with Crippen molar-refractivity contribution in [2.45, 2.75) is 45.3 Å². The van der Waals surface area contributed by atoms with E-state index in [1.807, 2.05) is 12.1 Å². The second kappa shape index (κ2) is 7.70. The fourth-order valence-corrected chi connectivity index (χ4v) is 2.87. The molecule has 0 aliphatic carbocycles. The molecule has 0 spiro atoms.